The van der Waals surface area contributed by atoms with E-state index in [9.17, 15) is 0 Å². The minimum atomic E-state index is 0.104. The van der Waals surface area contributed by atoms with E-state index in [2.05, 4.69) is 99.0 Å². The van der Waals surface area contributed by atoms with Crippen molar-refractivity contribution >= 4 is 78.2 Å². The summed E-state index contributed by atoms with van der Waals surface area (Å²) in [4.78, 5) is 16.8. The highest BCUT2D eigenvalue weighted by Gasteiger charge is 2.15. The van der Waals surface area contributed by atoms with Crippen molar-refractivity contribution in [2.24, 2.45) is 0 Å². The zero-order chi connectivity index (χ0) is 25.0. The van der Waals surface area contributed by atoms with Gasteiger partial charge in [0.15, 0.2) is 0 Å². The van der Waals surface area contributed by atoms with Crippen LogP contribution in [0.15, 0.2) is 63.5 Å². The largest absolute Gasteiger partial charge is 0.354 e. The Morgan fingerprint density at radius 1 is 0.667 bits per heavy atom. The van der Waals surface area contributed by atoms with Crippen LogP contribution in [-0.2, 0) is 5.41 Å². The topological polar surface area (TPSA) is 57.4 Å². The van der Waals surface area contributed by atoms with E-state index in [0.717, 1.165) is 64.9 Å². The number of aromatic amines is 2. The first-order chi connectivity index (χ1) is 17.2. The predicted octanol–water partition coefficient (Wildman–Crippen LogP) is 9.15. The Morgan fingerprint density at radius 2 is 1.31 bits per heavy atom. The van der Waals surface area contributed by atoms with Crippen LogP contribution in [0.2, 0.25) is 0 Å². The van der Waals surface area contributed by atoms with Gasteiger partial charge in [-0.2, -0.15) is 0 Å². The van der Waals surface area contributed by atoms with Crippen LogP contribution in [0.25, 0.3) is 57.5 Å². The molecule has 4 nitrogen and oxygen atoms in total. The molecule has 36 heavy (non-hydrogen) atoms. The summed E-state index contributed by atoms with van der Waals surface area (Å²) in [6.45, 7) is 6.70. The van der Waals surface area contributed by atoms with Crippen molar-refractivity contribution in [2.45, 2.75) is 26.2 Å². The molecule has 0 spiro atoms. The maximum atomic E-state index is 4.88. The van der Waals surface area contributed by atoms with Crippen LogP contribution in [0.4, 0.5) is 0 Å². The summed E-state index contributed by atoms with van der Waals surface area (Å²) in [5, 5.41) is 0. The number of H-pyrrole nitrogens is 2. The number of aromatic nitrogens is 4. The van der Waals surface area contributed by atoms with Gasteiger partial charge >= 0.3 is 0 Å². The molecule has 0 unspecified atom stereocenters. The Labute approximate surface area is 226 Å². The van der Waals surface area contributed by atoms with E-state index >= 15 is 0 Å². The van der Waals surface area contributed by atoms with Crippen molar-refractivity contribution < 1.29 is 0 Å². The second kappa shape index (κ2) is 8.71. The number of nitrogens with one attached hydrogen (secondary N) is 2. The molecule has 0 radical (unpaired) electrons. The zero-order valence-corrected chi connectivity index (χ0v) is 23.3. The fourth-order valence-corrected chi connectivity index (χ4v) is 5.46. The Morgan fingerprint density at radius 3 is 1.97 bits per heavy atom. The molecule has 0 fully saturated rings. The number of halogens is 2. The second-order valence-electron chi connectivity index (χ2n) is 10.1. The summed E-state index contributed by atoms with van der Waals surface area (Å²) in [7, 11) is 0. The van der Waals surface area contributed by atoms with Gasteiger partial charge in [0.05, 0.1) is 42.8 Å². The van der Waals surface area contributed by atoms with Crippen LogP contribution in [0.1, 0.15) is 49.1 Å². The molecule has 0 atom stereocenters. The Balaban J connectivity index is 1.66. The summed E-state index contributed by atoms with van der Waals surface area (Å²) in [6.07, 6.45) is 8.14. The molecule has 0 saturated heterocycles. The molecule has 8 bridgehead atoms. The molecular weight excluding hydrogens is 576 g/mol. The Bertz CT molecular complexity index is 1730. The molecule has 0 amide bonds. The van der Waals surface area contributed by atoms with Crippen LogP contribution in [0.5, 0.6) is 0 Å². The summed E-state index contributed by atoms with van der Waals surface area (Å²) >= 11 is 7.59. The third-order valence-corrected chi connectivity index (χ3v) is 8.08. The SMILES string of the molecule is CC(C)(C)c1ccc(-c2cc3cc4nc(c(Br)c5ccc(cc6nc(c(Br)c2[nH]3)C=C6)[nH]5)C=C4)cc1. The molecule has 3 aromatic heterocycles. The lowest BCUT2D eigenvalue weighted by Crippen LogP contribution is -2.10. The van der Waals surface area contributed by atoms with Gasteiger partial charge in [0.25, 0.3) is 0 Å². The molecule has 4 aromatic rings. The van der Waals surface area contributed by atoms with E-state index in [4.69, 9.17) is 9.97 Å². The smallest absolute Gasteiger partial charge is 0.0801 e. The monoisotopic (exact) mass is 598 g/mol. The molecule has 2 aliphatic heterocycles. The lowest BCUT2D eigenvalue weighted by Gasteiger charge is -2.19. The predicted molar refractivity (Wildman–Crippen MR) is 158 cm³/mol. The molecule has 0 saturated carbocycles. The minimum absolute atomic E-state index is 0.104. The van der Waals surface area contributed by atoms with Gasteiger partial charge in [-0.3, -0.25) is 0 Å². The van der Waals surface area contributed by atoms with E-state index < -0.39 is 0 Å². The van der Waals surface area contributed by atoms with Crippen LogP contribution < -0.4 is 0 Å². The lowest BCUT2D eigenvalue weighted by atomic mass is 9.86. The van der Waals surface area contributed by atoms with Gasteiger partial charge in [-0.1, -0.05) is 45.0 Å². The van der Waals surface area contributed by atoms with Gasteiger partial charge < -0.3 is 9.97 Å². The maximum Gasteiger partial charge on any atom is 0.0801 e. The van der Waals surface area contributed by atoms with Crippen LogP contribution >= 0.6 is 31.9 Å². The number of benzene rings is 1. The molecule has 178 valence electrons. The highest BCUT2D eigenvalue weighted by Crippen LogP contribution is 2.35. The van der Waals surface area contributed by atoms with Crippen molar-refractivity contribution in [3.8, 4) is 11.1 Å². The van der Waals surface area contributed by atoms with Gasteiger partial charge in [-0.25, -0.2) is 9.97 Å². The third-order valence-electron chi connectivity index (χ3n) is 6.44. The maximum absolute atomic E-state index is 4.88. The van der Waals surface area contributed by atoms with E-state index in [-0.39, 0.29) is 5.41 Å². The normalized spacial score (nSPS) is 12.9. The second-order valence-corrected chi connectivity index (χ2v) is 11.7. The summed E-state index contributed by atoms with van der Waals surface area (Å²) in [5.41, 5.74) is 11.1. The third kappa shape index (κ3) is 4.29. The van der Waals surface area contributed by atoms with E-state index in [1.807, 2.05) is 42.5 Å². The number of rotatable bonds is 1. The highest BCUT2D eigenvalue weighted by atomic mass is 79.9. The van der Waals surface area contributed by atoms with Crippen molar-refractivity contribution in [1.82, 2.24) is 19.9 Å². The summed E-state index contributed by atoms with van der Waals surface area (Å²) in [6, 6.07) is 19.2. The average molecular weight is 600 g/mol. The highest BCUT2D eigenvalue weighted by molar-refractivity contribution is 9.11. The van der Waals surface area contributed by atoms with Crippen LogP contribution in [-0.4, -0.2) is 19.9 Å². The molecule has 6 heteroatoms. The van der Waals surface area contributed by atoms with Crippen LogP contribution in [0.3, 0.4) is 0 Å². The zero-order valence-electron chi connectivity index (χ0n) is 20.2. The lowest BCUT2D eigenvalue weighted by molar-refractivity contribution is 0.590. The molecule has 5 heterocycles. The number of fused-ring (bicyclic) bond motifs is 8. The molecule has 2 N–H and O–H groups in total. The van der Waals surface area contributed by atoms with E-state index in [1.54, 1.807) is 0 Å². The van der Waals surface area contributed by atoms with Crippen LogP contribution in [0, 0.1) is 0 Å². The van der Waals surface area contributed by atoms with Crippen molar-refractivity contribution in [1.29, 1.82) is 0 Å². The van der Waals surface area contributed by atoms with Gasteiger partial charge in [-0.05, 0) is 103 Å². The Hall–Kier alpha value is -3.22. The van der Waals surface area contributed by atoms with Gasteiger partial charge in [0.2, 0.25) is 0 Å². The fraction of sp³-hybridized carbons (Fsp3) is 0.133. The van der Waals surface area contributed by atoms with Crippen molar-refractivity contribution in [3.05, 3.63) is 91.9 Å². The van der Waals surface area contributed by atoms with Crippen molar-refractivity contribution in [3.63, 3.8) is 0 Å². The fourth-order valence-electron chi connectivity index (χ4n) is 4.47. The van der Waals surface area contributed by atoms with Crippen molar-refractivity contribution in [2.75, 3.05) is 0 Å². The van der Waals surface area contributed by atoms with Gasteiger partial charge in [0.1, 0.15) is 0 Å². The average Bonchev–Trinajstić information content (AvgIpc) is 3.65. The summed E-state index contributed by atoms with van der Waals surface area (Å²) < 4.78 is 1.84. The molecule has 0 aliphatic carbocycles. The number of hydrogen-bond donors (Lipinski definition) is 2. The quantitative estimate of drug-likeness (QED) is 0.198. The molecular formula is C30H24Br2N4. The van der Waals surface area contributed by atoms with E-state index in [0.29, 0.717) is 0 Å². The summed E-state index contributed by atoms with van der Waals surface area (Å²) in [5.74, 6) is 0. The first kappa shape index (κ1) is 23.2. The minimum Gasteiger partial charge on any atom is -0.354 e. The molecule has 6 rings (SSSR count). The first-order valence-electron chi connectivity index (χ1n) is 11.8. The molecule has 2 aliphatic rings. The molecule has 1 aromatic carbocycles. The van der Waals surface area contributed by atoms with Gasteiger partial charge in [0, 0.05) is 16.6 Å². The van der Waals surface area contributed by atoms with Gasteiger partial charge in [-0.15, -0.1) is 0 Å². The standard InChI is InChI=1S/C30H24Br2N4/c1-30(2,3)18-6-4-17(5-7-18)23-16-22-15-21-9-12-25(34-21)27(31)24-11-8-19(33-24)14-20-10-13-26(35-20)28(32)29(23)36-22/h4-16,33,36H,1-3H3. The van der Waals surface area contributed by atoms with E-state index in [1.165, 1.54) is 5.56 Å². The number of nitrogens with zero attached hydrogens (tertiary/aromatic N) is 2. The number of hydrogen-bond acceptors (Lipinski definition) is 2. The first-order valence-corrected chi connectivity index (χ1v) is 13.4. The Kier molecular flexibility index (Phi) is 5.61.